The maximum Gasteiger partial charge on any atom is 0.224 e. The molecule has 1 amide bonds. The minimum absolute atomic E-state index is 0.0124. The van der Waals surface area contributed by atoms with Crippen molar-refractivity contribution in [2.45, 2.75) is 73.3 Å². The topological polar surface area (TPSA) is 115 Å². The molecule has 0 saturated carbocycles. The highest BCUT2D eigenvalue weighted by Gasteiger charge is 2.36. The van der Waals surface area contributed by atoms with Gasteiger partial charge in [-0.25, -0.2) is 4.98 Å². The number of rotatable bonds is 14. The van der Waals surface area contributed by atoms with Gasteiger partial charge in [0.2, 0.25) is 11.7 Å². The summed E-state index contributed by atoms with van der Waals surface area (Å²) in [7, 11) is 1.82. The predicted octanol–water partition coefficient (Wildman–Crippen LogP) is 4.16. The smallest absolute Gasteiger partial charge is 0.224 e. The van der Waals surface area contributed by atoms with Gasteiger partial charge in [-0.3, -0.25) is 24.0 Å². The van der Waals surface area contributed by atoms with Crippen molar-refractivity contribution in [2.75, 3.05) is 0 Å². The van der Waals surface area contributed by atoms with Crippen LogP contribution in [0.3, 0.4) is 0 Å². The lowest BCUT2D eigenvalue weighted by Crippen LogP contribution is -2.46. The van der Waals surface area contributed by atoms with Gasteiger partial charge in [0.15, 0.2) is 17.3 Å². The van der Waals surface area contributed by atoms with E-state index in [2.05, 4.69) is 10.3 Å². The van der Waals surface area contributed by atoms with Crippen molar-refractivity contribution in [3.05, 3.63) is 54.1 Å². The average Bonchev–Trinajstić information content (AvgIpc) is 3.27. The predicted molar refractivity (Wildman–Crippen MR) is 145 cm³/mol. The van der Waals surface area contributed by atoms with Crippen LogP contribution in [0.4, 0.5) is 0 Å². The quantitative estimate of drug-likeness (QED) is 0.294. The van der Waals surface area contributed by atoms with Crippen molar-refractivity contribution >= 4 is 29.0 Å². The highest BCUT2D eigenvalue weighted by atomic mass is 16.2. The van der Waals surface area contributed by atoms with E-state index >= 15 is 0 Å². The molecule has 8 nitrogen and oxygen atoms in total. The van der Waals surface area contributed by atoms with E-state index in [4.69, 9.17) is 0 Å². The van der Waals surface area contributed by atoms with Crippen LogP contribution in [0.1, 0.15) is 76.9 Å². The second kappa shape index (κ2) is 13.4. The number of nitrogens with one attached hydrogen (secondary N) is 1. The van der Waals surface area contributed by atoms with Crippen LogP contribution in [0.15, 0.2) is 42.9 Å². The van der Waals surface area contributed by atoms with Crippen LogP contribution in [0.25, 0.3) is 0 Å². The van der Waals surface area contributed by atoms with Crippen LogP contribution in [0.5, 0.6) is 0 Å². The first kappa shape index (κ1) is 30.8. The van der Waals surface area contributed by atoms with E-state index in [-0.39, 0.29) is 42.7 Å². The molecule has 38 heavy (non-hydrogen) atoms. The Morgan fingerprint density at radius 1 is 0.974 bits per heavy atom. The molecule has 0 unspecified atom stereocenters. The number of carbonyl (C=O) groups is 5. The Bertz CT molecular complexity index is 1140. The molecule has 0 bridgehead atoms. The highest BCUT2D eigenvalue weighted by Crippen LogP contribution is 2.30. The van der Waals surface area contributed by atoms with Gasteiger partial charge in [0.1, 0.15) is 0 Å². The summed E-state index contributed by atoms with van der Waals surface area (Å²) in [4.78, 5) is 68.7. The van der Waals surface area contributed by atoms with Crippen LogP contribution in [0, 0.1) is 23.2 Å². The summed E-state index contributed by atoms with van der Waals surface area (Å²) in [6.45, 7) is 10.8. The Hall–Kier alpha value is -3.42. The fourth-order valence-electron chi connectivity index (χ4n) is 4.34. The summed E-state index contributed by atoms with van der Waals surface area (Å²) < 4.78 is 1.80. The lowest BCUT2D eigenvalue weighted by atomic mass is 9.76. The first-order valence-electron chi connectivity index (χ1n) is 13.2. The Kier molecular flexibility index (Phi) is 10.9. The third kappa shape index (κ3) is 8.57. The van der Waals surface area contributed by atoms with Crippen LogP contribution in [-0.4, -0.2) is 44.6 Å². The van der Waals surface area contributed by atoms with E-state index < -0.39 is 34.9 Å². The standard InChI is InChI=1S/C30H41N3O5/c1-19(2)23(28(37)25(34)14-13-22-17-31-18-33(22)7)15-26(35)20(3)32-29(38)24(30(4,5)6)16-27(36)21-11-9-8-10-12-21/h8-12,17-20,23-24H,13-16H2,1-7H3,(H,32,38)/t20-,23-,24+/m0/s1. The molecule has 2 aromatic rings. The van der Waals surface area contributed by atoms with E-state index in [9.17, 15) is 24.0 Å². The van der Waals surface area contributed by atoms with Gasteiger partial charge in [-0.1, -0.05) is 65.0 Å². The van der Waals surface area contributed by atoms with Crippen molar-refractivity contribution in [2.24, 2.45) is 30.2 Å². The van der Waals surface area contributed by atoms with Gasteiger partial charge in [0, 0.05) is 49.7 Å². The van der Waals surface area contributed by atoms with Crippen molar-refractivity contribution in [1.29, 1.82) is 0 Å². The van der Waals surface area contributed by atoms with E-state index in [0.29, 0.717) is 12.0 Å². The number of aryl methyl sites for hydroxylation is 2. The number of ketones is 4. The van der Waals surface area contributed by atoms with Gasteiger partial charge in [0.05, 0.1) is 18.3 Å². The zero-order valence-electron chi connectivity index (χ0n) is 23.6. The third-order valence-electron chi connectivity index (χ3n) is 7.05. The molecule has 0 saturated heterocycles. The zero-order valence-corrected chi connectivity index (χ0v) is 23.6. The van der Waals surface area contributed by atoms with Crippen LogP contribution in [-0.2, 0) is 32.6 Å². The minimum atomic E-state index is -0.863. The fraction of sp³-hybridized carbons (Fsp3) is 0.533. The van der Waals surface area contributed by atoms with Gasteiger partial charge in [-0.05, 0) is 24.7 Å². The Labute approximate surface area is 225 Å². The number of carbonyl (C=O) groups excluding carboxylic acids is 5. The number of imidazole rings is 1. The fourth-order valence-corrected chi connectivity index (χ4v) is 4.34. The number of nitrogens with zero attached hydrogens (tertiary/aromatic N) is 2. The summed E-state index contributed by atoms with van der Waals surface area (Å²) in [6, 6.07) is 7.94. The van der Waals surface area contributed by atoms with Gasteiger partial charge in [-0.2, -0.15) is 0 Å². The van der Waals surface area contributed by atoms with E-state index in [1.54, 1.807) is 62.1 Å². The second-order valence-electron chi connectivity index (χ2n) is 11.4. The molecule has 3 atom stereocenters. The largest absolute Gasteiger partial charge is 0.346 e. The van der Waals surface area contributed by atoms with Crippen molar-refractivity contribution < 1.29 is 24.0 Å². The zero-order chi connectivity index (χ0) is 28.6. The van der Waals surface area contributed by atoms with Crippen molar-refractivity contribution in [1.82, 2.24) is 14.9 Å². The number of hydrogen-bond acceptors (Lipinski definition) is 6. The lowest BCUT2D eigenvalue weighted by Gasteiger charge is -2.30. The molecule has 0 spiro atoms. The molecule has 0 aliphatic rings. The molecule has 0 radical (unpaired) electrons. The first-order valence-corrected chi connectivity index (χ1v) is 13.2. The van der Waals surface area contributed by atoms with Crippen LogP contribution >= 0.6 is 0 Å². The molecule has 1 N–H and O–H groups in total. The minimum Gasteiger partial charge on any atom is -0.346 e. The molecular weight excluding hydrogens is 482 g/mol. The molecule has 0 fully saturated rings. The SMILES string of the molecule is CC(C)[C@H](CC(=O)[C@H](C)NC(=O)[C@@H](CC(=O)c1ccccc1)C(C)(C)C)C(=O)C(=O)CCc1cncn1C. The molecule has 1 aromatic heterocycles. The number of amides is 1. The highest BCUT2D eigenvalue weighted by molar-refractivity contribution is 6.38. The normalized spacial score (nSPS) is 14.0. The first-order chi connectivity index (χ1) is 17.7. The number of Topliss-reactive ketones (excluding diaryl/α,β-unsaturated/α-hetero) is 4. The number of benzene rings is 1. The maximum absolute atomic E-state index is 13.2. The lowest BCUT2D eigenvalue weighted by molar-refractivity contribution is -0.141. The van der Waals surface area contributed by atoms with Gasteiger partial charge < -0.3 is 9.88 Å². The molecule has 1 heterocycles. The van der Waals surface area contributed by atoms with E-state index in [1.807, 2.05) is 33.9 Å². The molecular formula is C30H41N3O5. The summed E-state index contributed by atoms with van der Waals surface area (Å²) in [5.74, 6) is -3.57. The molecule has 206 valence electrons. The second-order valence-corrected chi connectivity index (χ2v) is 11.4. The van der Waals surface area contributed by atoms with Crippen LogP contribution < -0.4 is 5.32 Å². The summed E-state index contributed by atoms with van der Waals surface area (Å²) >= 11 is 0. The van der Waals surface area contributed by atoms with Gasteiger partial charge in [-0.15, -0.1) is 0 Å². The Morgan fingerprint density at radius 2 is 1.61 bits per heavy atom. The maximum atomic E-state index is 13.2. The molecule has 1 aromatic carbocycles. The van der Waals surface area contributed by atoms with Gasteiger partial charge >= 0.3 is 0 Å². The third-order valence-corrected chi connectivity index (χ3v) is 7.05. The summed E-state index contributed by atoms with van der Waals surface area (Å²) in [6.07, 6.45) is 3.60. The Balaban J connectivity index is 2.03. The van der Waals surface area contributed by atoms with E-state index in [1.165, 1.54) is 0 Å². The molecule has 0 aliphatic carbocycles. The molecule has 8 heteroatoms. The van der Waals surface area contributed by atoms with E-state index in [0.717, 1.165) is 5.69 Å². The summed E-state index contributed by atoms with van der Waals surface area (Å²) in [5, 5.41) is 2.76. The average molecular weight is 524 g/mol. The summed E-state index contributed by atoms with van der Waals surface area (Å²) in [5.41, 5.74) is 0.859. The van der Waals surface area contributed by atoms with Crippen molar-refractivity contribution in [3.63, 3.8) is 0 Å². The van der Waals surface area contributed by atoms with Crippen molar-refractivity contribution in [3.8, 4) is 0 Å². The monoisotopic (exact) mass is 523 g/mol. The number of hydrogen-bond donors (Lipinski definition) is 1. The van der Waals surface area contributed by atoms with Gasteiger partial charge in [0.25, 0.3) is 0 Å². The molecule has 0 aliphatic heterocycles. The Morgan fingerprint density at radius 3 is 2.13 bits per heavy atom. The number of aromatic nitrogens is 2. The molecule has 2 rings (SSSR count). The van der Waals surface area contributed by atoms with Crippen LogP contribution in [0.2, 0.25) is 0 Å².